The molecule has 2 heterocycles. The number of hydrogen-bond donors (Lipinski definition) is 0. The summed E-state index contributed by atoms with van der Waals surface area (Å²) >= 11 is 7.06. The number of benzene rings is 1. The second-order valence-corrected chi connectivity index (χ2v) is 9.44. The van der Waals surface area contributed by atoms with Crippen molar-refractivity contribution in [3.8, 4) is 5.75 Å². The molecule has 6 heteroatoms. The predicted molar refractivity (Wildman–Crippen MR) is 109 cm³/mol. The number of fused-ring (bicyclic) bond motifs is 3. The van der Waals surface area contributed by atoms with Crippen molar-refractivity contribution in [2.24, 2.45) is 5.92 Å². The molecule has 0 saturated carbocycles. The third-order valence-corrected chi connectivity index (χ3v) is 7.11. The monoisotopic (exact) mass is 434 g/mol. The first-order valence-electron chi connectivity index (χ1n) is 8.47. The molecule has 0 bridgehead atoms. The van der Waals surface area contributed by atoms with Crippen LogP contribution in [-0.4, -0.2) is 22.3 Å². The Balaban J connectivity index is 1.45. The van der Waals surface area contributed by atoms with Gasteiger partial charge in [0.25, 0.3) is 0 Å². The molecule has 0 unspecified atom stereocenters. The van der Waals surface area contributed by atoms with Gasteiger partial charge in [-0.15, -0.1) is 23.1 Å². The Kier molecular flexibility index (Phi) is 5.29. The van der Waals surface area contributed by atoms with E-state index in [4.69, 9.17) is 4.74 Å². The van der Waals surface area contributed by atoms with Crippen LogP contribution in [0.3, 0.4) is 0 Å². The third-order valence-electron chi connectivity index (χ3n) is 4.46. The Morgan fingerprint density at radius 2 is 2.12 bits per heavy atom. The van der Waals surface area contributed by atoms with E-state index in [-0.39, 0.29) is 0 Å². The highest BCUT2D eigenvalue weighted by Crippen LogP contribution is 2.40. The van der Waals surface area contributed by atoms with Crippen LogP contribution in [0.5, 0.6) is 5.75 Å². The molecule has 0 amide bonds. The van der Waals surface area contributed by atoms with Crippen molar-refractivity contribution >= 4 is 49.2 Å². The fraction of sp³-hybridized carbons (Fsp3) is 0.368. The van der Waals surface area contributed by atoms with Crippen LogP contribution in [0, 0.1) is 5.92 Å². The standard InChI is InChI=1S/C19H19BrN2OS2/c1-12-2-7-15-16(10-12)25-19-17(15)18(21-11-22-19)24-9-8-23-14-5-3-13(20)4-6-14/h3-6,11-12H,2,7-10H2,1H3/t12-/m1/s1. The molecule has 1 aliphatic carbocycles. The highest BCUT2D eigenvalue weighted by molar-refractivity contribution is 9.10. The number of halogens is 1. The number of rotatable bonds is 5. The fourth-order valence-electron chi connectivity index (χ4n) is 3.18. The van der Waals surface area contributed by atoms with Gasteiger partial charge in [0.05, 0.1) is 6.61 Å². The Hall–Kier alpha value is -1.11. The summed E-state index contributed by atoms with van der Waals surface area (Å²) in [6.07, 6.45) is 5.32. The lowest BCUT2D eigenvalue weighted by Gasteiger charge is -2.18. The van der Waals surface area contributed by atoms with Gasteiger partial charge in [0, 0.05) is 20.5 Å². The maximum Gasteiger partial charge on any atom is 0.128 e. The number of hydrogen-bond acceptors (Lipinski definition) is 5. The number of aryl methyl sites for hydroxylation is 1. The van der Waals surface area contributed by atoms with E-state index in [2.05, 4.69) is 32.8 Å². The SMILES string of the molecule is C[C@@H]1CCc2c(sc3ncnc(SCCOc4ccc(Br)cc4)c23)C1. The Labute approximate surface area is 164 Å². The maximum absolute atomic E-state index is 5.82. The minimum absolute atomic E-state index is 0.668. The van der Waals surface area contributed by atoms with E-state index >= 15 is 0 Å². The summed E-state index contributed by atoms with van der Waals surface area (Å²) < 4.78 is 6.88. The molecule has 0 radical (unpaired) electrons. The van der Waals surface area contributed by atoms with E-state index < -0.39 is 0 Å². The Bertz CT molecular complexity index is 879. The smallest absolute Gasteiger partial charge is 0.128 e. The van der Waals surface area contributed by atoms with Gasteiger partial charge >= 0.3 is 0 Å². The molecular weight excluding hydrogens is 416 g/mol. The average Bonchev–Trinajstić information content (AvgIpc) is 2.98. The van der Waals surface area contributed by atoms with Crippen LogP contribution >= 0.6 is 39.0 Å². The number of thioether (sulfide) groups is 1. The van der Waals surface area contributed by atoms with E-state index in [9.17, 15) is 0 Å². The molecular formula is C19H19BrN2OS2. The first kappa shape index (κ1) is 17.3. The summed E-state index contributed by atoms with van der Waals surface area (Å²) in [6, 6.07) is 7.95. The van der Waals surface area contributed by atoms with Gasteiger partial charge < -0.3 is 4.74 Å². The van der Waals surface area contributed by atoms with Crippen LogP contribution in [-0.2, 0) is 12.8 Å². The molecule has 1 aromatic carbocycles. The van der Waals surface area contributed by atoms with Crippen LogP contribution in [0.4, 0.5) is 0 Å². The quantitative estimate of drug-likeness (QED) is 0.290. The lowest BCUT2D eigenvalue weighted by Crippen LogP contribution is -2.08. The van der Waals surface area contributed by atoms with Gasteiger partial charge in [-0.1, -0.05) is 22.9 Å². The van der Waals surface area contributed by atoms with Crippen LogP contribution < -0.4 is 4.74 Å². The minimum atomic E-state index is 0.668. The lowest BCUT2D eigenvalue weighted by molar-refractivity contribution is 0.344. The number of nitrogens with zero attached hydrogens (tertiary/aromatic N) is 2. The zero-order valence-electron chi connectivity index (χ0n) is 14.0. The summed E-state index contributed by atoms with van der Waals surface area (Å²) in [5.74, 6) is 2.56. The van der Waals surface area contributed by atoms with Gasteiger partial charge in [0.1, 0.15) is 21.9 Å². The molecule has 0 N–H and O–H groups in total. The van der Waals surface area contributed by atoms with Gasteiger partial charge in [0.2, 0.25) is 0 Å². The fourth-order valence-corrected chi connectivity index (χ4v) is 5.71. The Morgan fingerprint density at radius 1 is 1.28 bits per heavy atom. The summed E-state index contributed by atoms with van der Waals surface area (Å²) in [7, 11) is 0. The molecule has 2 aromatic heterocycles. The summed E-state index contributed by atoms with van der Waals surface area (Å²) in [5.41, 5.74) is 1.50. The lowest BCUT2D eigenvalue weighted by atomic mass is 9.89. The number of ether oxygens (including phenoxy) is 1. The number of thiophene rings is 1. The summed E-state index contributed by atoms with van der Waals surface area (Å²) in [6.45, 7) is 3.01. The van der Waals surface area contributed by atoms with E-state index in [0.717, 1.165) is 38.2 Å². The first-order valence-corrected chi connectivity index (χ1v) is 11.1. The second-order valence-electron chi connectivity index (χ2n) is 6.36. The van der Waals surface area contributed by atoms with E-state index in [1.165, 1.54) is 28.7 Å². The molecule has 3 nitrogen and oxygen atoms in total. The van der Waals surface area contributed by atoms with Crippen LogP contribution in [0.25, 0.3) is 10.2 Å². The van der Waals surface area contributed by atoms with Gasteiger partial charge in [-0.3, -0.25) is 0 Å². The maximum atomic E-state index is 5.82. The van der Waals surface area contributed by atoms with Crippen LogP contribution in [0.1, 0.15) is 23.8 Å². The van der Waals surface area contributed by atoms with Gasteiger partial charge in [-0.05, 0) is 55.0 Å². The number of aromatic nitrogens is 2. The van der Waals surface area contributed by atoms with Crippen molar-refractivity contribution < 1.29 is 4.74 Å². The van der Waals surface area contributed by atoms with Crippen molar-refractivity contribution in [1.82, 2.24) is 9.97 Å². The summed E-state index contributed by atoms with van der Waals surface area (Å²) in [5, 5.41) is 2.40. The third kappa shape index (κ3) is 3.86. The van der Waals surface area contributed by atoms with Crippen molar-refractivity contribution in [2.75, 3.05) is 12.4 Å². The van der Waals surface area contributed by atoms with Crippen LogP contribution in [0.2, 0.25) is 0 Å². The average molecular weight is 435 g/mol. The normalized spacial score (nSPS) is 16.8. The Morgan fingerprint density at radius 3 is 2.96 bits per heavy atom. The van der Waals surface area contributed by atoms with Gasteiger partial charge in [0.15, 0.2) is 0 Å². The molecule has 0 aliphatic heterocycles. The topological polar surface area (TPSA) is 35.0 Å². The summed E-state index contributed by atoms with van der Waals surface area (Å²) in [4.78, 5) is 11.7. The molecule has 25 heavy (non-hydrogen) atoms. The zero-order chi connectivity index (χ0) is 17.2. The molecule has 3 aromatic rings. The van der Waals surface area contributed by atoms with Crippen molar-refractivity contribution in [3.63, 3.8) is 0 Å². The molecule has 0 spiro atoms. The van der Waals surface area contributed by atoms with Crippen molar-refractivity contribution in [3.05, 3.63) is 45.5 Å². The van der Waals surface area contributed by atoms with Crippen molar-refractivity contribution in [2.45, 2.75) is 31.2 Å². The molecule has 130 valence electrons. The molecule has 0 saturated heterocycles. The first-order chi connectivity index (χ1) is 12.2. The van der Waals surface area contributed by atoms with E-state index in [1.54, 1.807) is 18.1 Å². The molecule has 1 aliphatic rings. The highest BCUT2D eigenvalue weighted by Gasteiger charge is 2.23. The van der Waals surface area contributed by atoms with Gasteiger partial charge in [-0.2, -0.15) is 0 Å². The van der Waals surface area contributed by atoms with E-state index in [0.29, 0.717) is 6.61 Å². The highest BCUT2D eigenvalue weighted by atomic mass is 79.9. The second kappa shape index (κ2) is 7.64. The minimum Gasteiger partial charge on any atom is -0.493 e. The molecule has 0 fully saturated rings. The van der Waals surface area contributed by atoms with Crippen molar-refractivity contribution in [1.29, 1.82) is 0 Å². The van der Waals surface area contributed by atoms with Gasteiger partial charge in [-0.25, -0.2) is 9.97 Å². The largest absolute Gasteiger partial charge is 0.493 e. The predicted octanol–water partition coefficient (Wildman–Crippen LogP) is 5.75. The zero-order valence-corrected chi connectivity index (χ0v) is 17.2. The van der Waals surface area contributed by atoms with E-state index in [1.807, 2.05) is 35.6 Å². The molecule has 4 rings (SSSR count). The van der Waals surface area contributed by atoms with Crippen LogP contribution in [0.15, 0.2) is 40.1 Å². The molecule has 1 atom stereocenters.